The molecule has 1 N–H and O–H groups in total. The van der Waals surface area contributed by atoms with Crippen LogP contribution in [0.4, 0.5) is 5.82 Å². The molecule has 0 atom stereocenters. The number of hydrogen-bond acceptors (Lipinski definition) is 2. The number of nitrogens with zero attached hydrogens (tertiary/aromatic N) is 1. The summed E-state index contributed by atoms with van der Waals surface area (Å²) in [5.74, 6) is 0.408. The molecule has 3 rings (SSSR count). The van der Waals surface area contributed by atoms with Crippen molar-refractivity contribution in [1.82, 2.24) is 4.98 Å². The molecule has 0 saturated carbocycles. The van der Waals surface area contributed by atoms with Gasteiger partial charge < -0.3 is 5.32 Å². The predicted molar refractivity (Wildman–Crippen MR) is 90.5 cm³/mol. The molecular weight excluding hydrogens is 272 g/mol. The minimum Gasteiger partial charge on any atom is -0.307 e. The maximum absolute atomic E-state index is 12.2. The van der Waals surface area contributed by atoms with Crippen LogP contribution in [-0.4, -0.2) is 10.9 Å². The lowest BCUT2D eigenvalue weighted by molar-refractivity contribution is -0.112. The predicted octanol–water partition coefficient (Wildman–Crippen LogP) is 4.28. The monoisotopic (exact) mass is 288 g/mol. The van der Waals surface area contributed by atoms with Crippen molar-refractivity contribution in [1.29, 1.82) is 0 Å². The highest BCUT2D eigenvalue weighted by Crippen LogP contribution is 2.18. The minimum atomic E-state index is -0.146. The van der Waals surface area contributed by atoms with Crippen LogP contribution in [0.15, 0.2) is 72.4 Å². The van der Waals surface area contributed by atoms with Gasteiger partial charge >= 0.3 is 0 Å². The Morgan fingerprint density at radius 1 is 1.00 bits per heavy atom. The highest BCUT2D eigenvalue weighted by molar-refractivity contribution is 6.06. The summed E-state index contributed by atoms with van der Waals surface area (Å²) in [6.45, 7) is 1.80. The van der Waals surface area contributed by atoms with Crippen LogP contribution in [0.25, 0.3) is 16.8 Å². The number of pyridine rings is 1. The van der Waals surface area contributed by atoms with Gasteiger partial charge in [0.1, 0.15) is 5.82 Å². The van der Waals surface area contributed by atoms with Gasteiger partial charge in [-0.05, 0) is 47.5 Å². The molecule has 3 nitrogen and oxygen atoms in total. The molecule has 3 heteroatoms. The summed E-state index contributed by atoms with van der Waals surface area (Å²) in [5.41, 5.74) is 1.65. The Morgan fingerprint density at radius 3 is 2.55 bits per heavy atom. The van der Waals surface area contributed by atoms with E-state index < -0.39 is 0 Å². The largest absolute Gasteiger partial charge is 0.307 e. The maximum Gasteiger partial charge on any atom is 0.252 e. The van der Waals surface area contributed by atoms with Gasteiger partial charge in [-0.2, -0.15) is 0 Å². The van der Waals surface area contributed by atoms with E-state index in [4.69, 9.17) is 0 Å². The van der Waals surface area contributed by atoms with Crippen LogP contribution in [-0.2, 0) is 4.79 Å². The molecule has 1 heterocycles. The van der Waals surface area contributed by atoms with Crippen molar-refractivity contribution in [3.63, 3.8) is 0 Å². The molecule has 1 aromatic heterocycles. The summed E-state index contributed by atoms with van der Waals surface area (Å²) in [7, 11) is 0. The Bertz CT molecular complexity index is 838. The number of fused-ring (bicyclic) bond motifs is 1. The fourth-order valence-corrected chi connectivity index (χ4v) is 2.26. The number of rotatable bonds is 3. The van der Waals surface area contributed by atoms with Gasteiger partial charge in [-0.3, -0.25) is 4.79 Å². The van der Waals surface area contributed by atoms with E-state index >= 15 is 0 Å². The first-order chi connectivity index (χ1) is 10.7. The van der Waals surface area contributed by atoms with Crippen LogP contribution < -0.4 is 5.32 Å². The number of carbonyl (C=O) groups excluding carboxylic acids is 1. The Morgan fingerprint density at radius 2 is 1.77 bits per heavy atom. The molecule has 0 aliphatic carbocycles. The molecule has 2 aromatic carbocycles. The Hall–Kier alpha value is -2.94. The second-order valence-corrected chi connectivity index (χ2v) is 5.10. The third-order valence-corrected chi connectivity index (χ3v) is 3.42. The van der Waals surface area contributed by atoms with Gasteiger partial charge in [0.05, 0.1) is 0 Å². The lowest BCUT2D eigenvalue weighted by atomic mass is 10.1. The van der Waals surface area contributed by atoms with Crippen molar-refractivity contribution in [2.24, 2.45) is 0 Å². The van der Waals surface area contributed by atoms with Crippen molar-refractivity contribution < 1.29 is 4.79 Å². The highest BCUT2D eigenvalue weighted by Gasteiger charge is 2.05. The standard InChI is InChI=1S/C19H16N2O/c1-14(19(22)21-18-8-4-5-11-20-18)12-15-9-10-16-6-2-3-7-17(16)13-15/h2-13H,1H3,(H,20,21,22)/b14-12+. The quantitative estimate of drug-likeness (QED) is 0.731. The van der Waals surface area contributed by atoms with Crippen LogP contribution in [0.5, 0.6) is 0 Å². The van der Waals surface area contributed by atoms with Crippen LogP contribution >= 0.6 is 0 Å². The number of hydrogen-bond donors (Lipinski definition) is 1. The molecule has 0 saturated heterocycles. The minimum absolute atomic E-state index is 0.146. The van der Waals surface area contributed by atoms with Crippen LogP contribution in [0.2, 0.25) is 0 Å². The number of anilines is 1. The van der Waals surface area contributed by atoms with Crippen molar-refractivity contribution in [2.75, 3.05) is 5.32 Å². The topological polar surface area (TPSA) is 42.0 Å². The zero-order valence-electron chi connectivity index (χ0n) is 12.3. The average molecular weight is 288 g/mol. The second-order valence-electron chi connectivity index (χ2n) is 5.10. The molecule has 0 aliphatic heterocycles. The molecule has 0 aliphatic rings. The summed E-state index contributed by atoms with van der Waals surface area (Å²) in [6.07, 6.45) is 3.53. The fraction of sp³-hybridized carbons (Fsp3) is 0.0526. The van der Waals surface area contributed by atoms with Crippen LogP contribution in [0.1, 0.15) is 12.5 Å². The molecule has 0 spiro atoms. The summed E-state index contributed by atoms with van der Waals surface area (Å²) in [5, 5.41) is 5.13. The number of amides is 1. The molecule has 108 valence electrons. The van der Waals surface area contributed by atoms with Crippen LogP contribution in [0, 0.1) is 0 Å². The van der Waals surface area contributed by atoms with E-state index in [2.05, 4.69) is 34.6 Å². The molecule has 0 bridgehead atoms. The third kappa shape index (κ3) is 3.20. The van der Waals surface area contributed by atoms with Crippen molar-refractivity contribution >= 4 is 28.6 Å². The van der Waals surface area contributed by atoms with Crippen molar-refractivity contribution in [2.45, 2.75) is 6.92 Å². The maximum atomic E-state index is 12.2. The smallest absolute Gasteiger partial charge is 0.252 e. The van der Waals surface area contributed by atoms with E-state index in [9.17, 15) is 4.79 Å². The van der Waals surface area contributed by atoms with E-state index in [1.807, 2.05) is 36.4 Å². The highest BCUT2D eigenvalue weighted by atomic mass is 16.1. The lowest BCUT2D eigenvalue weighted by Gasteiger charge is -2.05. The Kier molecular flexibility index (Phi) is 3.97. The van der Waals surface area contributed by atoms with Crippen molar-refractivity contribution in [3.05, 3.63) is 78.0 Å². The number of nitrogens with one attached hydrogen (secondary N) is 1. The average Bonchev–Trinajstić information content (AvgIpc) is 2.55. The number of carbonyl (C=O) groups is 1. The zero-order chi connectivity index (χ0) is 15.4. The summed E-state index contributed by atoms with van der Waals surface area (Å²) < 4.78 is 0. The first-order valence-electron chi connectivity index (χ1n) is 7.12. The SMILES string of the molecule is C/C(=C\c1ccc2ccccc2c1)C(=O)Nc1ccccn1. The molecular formula is C19H16N2O. The molecule has 0 fully saturated rings. The molecule has 1 amide bonds. The summed E-state index contributed by atoms with van der Waals surface area (Å²) in [4.78, 5) is 16.3. The van der Waals surface area contributed by atoms with Gasteiger partial charge in [0, 0.05) is 11.8 Å². The van der Waals surface area contributed by atoms with E-state index in [0.717, 1.165) is 10.9 Å². The number of benzene rings is 2. The summed E-state index contributed by atoms with van der Waals surface area (Å²) in [6, 6.07) is 19.7. The third-order valence-electron chi connectivity index (χ3n) is 3.42. The van der Waals surface area contributed by atoms with Gasteiger partial charge in [-0.1, -0.05) is 42.5 Å². The van der Waals surface area contributed by atoms with Gasteiger partial charge in [0.15, 0.2) is 0 Å². The van der Waals surface area contributed by atoms with Gasteiger partial charge in [0.25, 0.3) is 5.91 Å². The molecule has 3 aromatic rings. The fourth-order valence-electron chi connectivity index (χ4n) is 2.26. The zero-order valence-corrected chi connectivity index (χ0v) is 12.3. The Balaban J connectivity index is 1.81. The van der Waals surface area contributed by atoms with E-state index in [-0.39, 0.29) is 5.91 Å². The molecule has 22 heavy (non-hydrogen) atoms. The summed E-state index contributed by atoms with van der Waals surface area (Å²) >= 11 is 0. The number of aromatic nitrogens is 1. The lowest BCUT2D eigenvalue weighted by Crippen LogP contribution is -2.13. The first-order valence-corrected chi connectivity index (χ1v) is 7.12. The molecule has 0 unspecified atom stereocenters. The van der Waals surface area contributed by atoms with E-state index in [1.54, 1.807) is 19.2 Å². The normalized spacial score (nSPS) is 11.4. The van der Waals surface area contributed by atoms with Gasteiger partial charge in [-0.15, -0.1) is 0 Å². The van der Waals surface area contributed by atoms with Crippen molar-refractivity contribution in [3.8, 4) is 0 Å². The van der Waals surface area contributed by atoms with Crippen LogP contribution in [0.3, 0.4) is 0 Å². The first kappa shape index (κ1) is 14.0. The van der Waals surface area contributed by atoms with Gasteiger partial charge in [-0.25, -0.2) is 4.98 Å². The molecule has 0 radical (unpaired) electrons. The van der Waals surface area contributed by atoms with E-state index in [0.29, 0.717) is 11.4 Å². The second kappa shape index (κ2) is 6.22. The van der Waals surface area contributed by atoms with E-state index in [1.165, 1.54) is 5.39 Å². The van der Waals surface area contributed by atoms with Gasteiger partial charge in [0.2, 0.25) is 0 Å². The Labute approximate surface area is 129 Å².